The van der Waals surface area contributed by atoms with E-state index in [4.69, 9.17) is 9.47 Å². The number of carboxylic acid groups (broad SMARTS) is 1. The Morgan fingerprint density at radius 1 is 0.789 bits per heavy atom. The predicted molar refractivity (Wildman–Crippen MR) is 135 cm³/mol. The van der Waals surface area contributed by atoms with Crippen LogP contribution in [0.1, 0.15) is 37.4 Å². The summed E-state index contributed by atoms with van der Waals surface area (Å²) in [4.78, 5) is 61.4. The highest BCUT2D eigenvalue weighted by molar-refractivity contribution is 6.02. The Morgan fingerprint density at radius 3 is 1.71 bits per heavy atom. The molecule has 0 saturated heterocycles. The van der Waals surface area contributed by atoms with Crippen molar-refractivity contribution in [3.63, 3.8) is 0 Å². The first-order valence-electron chi connectivity index (χ1n) is 11.3. The van der Waals surface area contributed by atoms with Gasteiger partial charge in [-0.2, -0.15) is 0 Å². The summed E-state index contributed by atoms with van der Waals surface area (Å²) in [7, 11) is 0. The summed E-state index contributed by atoms with van der Waals surface area (Å²) >= 11 is 0. The van der Waals surface area contributed by atoms with Crippen LogP contribution in [-0.4, -0.2) is 46.1 Å². The third-order valence-electron chi connectivity index (χ3n) is 5.51. The summed E-state index contributed by atoms with van der Waals surface area (Å²) in [6.45, 7) is 5.13. The Kier molecular flexibility index (Phi) is 8.54. The number of nitrogens with zero attached hydrogens (tertiary/aromatic N) is 1. The largest absolute Gasteiger partial charge is 0.478 e. The summed E-state index contributed by atoms with van der Waals surface area (Å²) in [5, 5.41) is 23.4. The number of hydrogen-bond acceptors (Lipinski definition) is 8. The van der Waals surface area contributed by atoms with Crippen LogP contribution >= 0.6 is 0 Å². The van der Waals surface area contributed by atoms with Gasteiger partial charge in [-0.25, -0.2) is 14.4 Å². The topological polar surface area (TPSA) is 162 Å². The molecule has 196 valence electrons. The van der Waals surface area contributed by atoms with Gasteiger partial charge in [0.2, 0.25) is 12.2 Å². The van der Waals surface area contributed by atoms with Crippen molar-refractivity contribution in [1.29, 1.82) is 0 Å². The number of non-ortho nitro benzene ring substituents is 1. The van der Waals surface area contributed by atoms with E-state index in [0.717, 1.165) is 17.2 Å². The molecule has 0 radical (unpaired) electrons. The van der Waals surface area contributed by atoms with Gasteiger partial charge in [0, 0.05) is 12.1 Å². The fourth-order valence-electron chi connectivity index (χ4n) is 3.30. The Hall–Kier alpha value is -5.06. The number of anilines is 1. The Balaban J connectivity index is 1.96. The molecule has 2 N–H and O–H groups in total. The molecule has 0 aliphatic rings. The van der Waals surface area contributed by atoms with Crippen molar-refractivity contribution in [3.8, 4) is 0 Å². The van der Waals surface area contributed by atoms with Crippen LogP contribution in [0.3, 0.4) is 0 Å². The fourth-order valence-corrected chi connectivity index (χ4v) is 3.30. The molecule has 0 spiro atoms. The number of hydrogen-bond donors (Lipinski definition) is 2. The number of carbonyl (C=O) groups is 4. The molecule has 3 rings (SSSR count). The quantitative estimate of drug-likeness (QED) is 0.241. The van der Waals surface area contributed by atoms with Gasteiger partial charge in [-0.1, -0.05) is 41.5 Å². The van der Waals surface area contributed by atoms with Crippen LogP contribution in [0.4, 0.5) is 11.4 Å². The van der Waals surface area contributed by atoms with E-state index in [1.165, 1.54) is 36.4 Å². The van der Waals surface area contributed by atoms with Gasteiger partial charge in [0.1, 0.15) is 0 Å². The first kappa shape index (κ1) is 27.5. The molecule has 3 aromatic rings. The van der Waals surface area contributed by atoms with Crippen LogP contribution in [0.2, 0.25) is 0 Å². The van der Waals surface area contributed by atoms with Gasteiger partial charge in [-0.15, -0.1) is 0 Å². The molecule has 11 heteroatoms. The van der Waals surface area contributed by atoms with E-state index in [1.54, 1.807) is 45.0 Å². The summed E-state index contributed by atoms with van der Waals surface area (Å²) in [5.41, 5.74) is 1.78. The number of rotatable bonds is 9. The molecule has 0 aliphatic carbocycles. The van der Waals surface area contributed by atoms with Crippen molar-refractivity contribution >= 4 is 35.2 Å². The number of esters is 2. The van der Waals surface area contributed by atoms with Gasteiger partial charge in [-0.3, -0.25) is 14.9 Å². The Bertz CT molecular complexity index is 1380. The van der Waals surface area contributed by atoms with Crippen molar-refractivity contribution in [2.45, 2.75) is 33.0 Å². The number of amides is 1. The lowest BCUT2D eigenvalue weighted by Gasteiger charge is -2.24. The molecule has 0 saturated carbocycles. The molecule has 2 atom stereocenters. The van der Waals surface area contributed by atoms with E-state index in [0.29, 0.717) is 5.56 Å². The summed E-state index contributed by atoms with van der Waals surface area (Å²) < 4.78 is 10.4. The van der Waals surface area contributed by atoms with Crippen molar-refractivity contribution in [2.24, 2.45) is 0 Å². The molecule has 0 fully saturated rings. The third kappa shape index (κ3) is 6.78. The van der Waals surface area contributed by atoms with Gasteiger partial charge < -0.3 is 19.9 Å². The summed E-state index contributed by atoms with van der Waals surface area (Å²) in [6, 6.07) is 15.8. The second-order valence-electron chi connectivity index (χ2n) is 8.47. The molecule has 0 bridgehead atoms. The van der Waals surface area contributed by atoms with Crippen molar-refractivity contribution in [2.75, 3.05) is 5.32 Å². The molecular formula is C27H24N2O9. The van der Waals surface area contributed by atoms with Crippen LogP contribution < -0.4 is 5.32 Å². The fraction of sp³-hybridized carbons (Fsp3) is 0.185. The molecule has 1 amide bonds. The molecule has 0 heterocycles. The molecule has 11 nitrogen and oxygen atoms in total. The van der Waals surface area contributed by atoms with Crippen molar-refractivity contribution < 1.29 is 38.7 Å². The minimum Gasteiger partial charge on any atom is -0.478 e. The van der Waals surface area contributed by atoms with Gasteiger partial charge >= 0.3 is 17.9 Å². The van der Waals surface area contributed by atoms with Crippen LogP contribution in [0.5, 0.6) is 0 Å². The number of carbonyl (C=O) groups excluding carboxylic acids is 3. The van der Waals surface area contributed by atoms with E-state index in [1.807, 2.05) is 0 Å². The van der Waals surface area contributed by atoms with Gasteiger partial charge in [0.05, 0.1) is 21.7 Å². The normalized spacial score (nSPS) is 12.1. The zero-order valence-corrected chi connectivity index (χ0v) is 20.7. The van der Waals surface area contributed by atoms with E-state index in [2.05, 4.69) is 5.32 Å². The lowest BCUT2D eigenvalue weighted by atomic mass is 10.1. The first-order valence-corrected chi connectivity index (χ1v) is 11.3. The Labute approximate surface area is 217 Å². The molecule has 38 heavy (non-hydrogen) atoms. The molecule has 0 aliphatic heterocycles. The maximum atomic E-state index is 13.3. The predicted octanol–water partition coefficient (Wildman–Crippen LogP) is 3.99. The number of benzene rings is 3. The third-order valence-corrected chi connectivity index (χ3v) is 5.51. The molecule has 3 aromatic carbocycles. The smallest absolute Gasteiger partial charge is 0.349 e. The number of aryl methyl sites for hydroxylation is 3. The summed E-state index contributed by atoms with van der Waals surface area (Å²) in [5.74, 6) is -5.03. The maximum absolute atomic E-state index is 13.3. The second kappa shape index (κ2) is 11.8. The number of ether oxygens (including phenoxy) is 2. The average Bonchev–Trinajstić information content (AvgIpc) is 2.87. The van der Waals surface area contributed by atoms with E-state index >= 15 is 0 Å². The van der Waals surface area contributed by atoms with Gasteiger partial charge in [0.15, 0.2) is 0 Å². The molecule has 0 unspecified atom stereocenters. The van der Waals surface area contributed by atoms with E-state index in [-0.39, 0.29) is 22.5 Å². The lowest BCUT2D eigenvalue weighted by molar-refractivity contribution is -0.384. The number of nitro benzene ring substituents is 1. The van der Waals surface area contributed by atoms with E-state index in [9.17, 15) is 34.4 Å². The highest BCUT2D eigenvalue weighted by Crippen LogP contribution is 2.23. The number of nitrogens with one attached hydrogen (secondary N) is 1. The van der Waals surface area contributed by atoms with Crippen LogP contribution in [-0.2, 0) is 19.1 Å². The molecular weight excluding hydrogens is 496 g/mol. The van der Waals surface area contributed by atoms with Crippen LogP contribution in [0.15, 0.2) is 66.7 Å². The monoisotopic (exact) mass is 520 g/mol. The van der Waals surface area contributed by atoms with Crippen molar-refractivity contribution in [3.05, 3.63) is 105 Å². The van der Waals surface area contributed by atoms with Crippen LogP contribution in [0, 0.1) is 30.9 Å². The maximum Gasteiger partial charge on any atom is 0.349 e. The number of aliphatic carboxylic acids is 1. The first-order chi connectivity index (χ1) is 18.0. The lowest BCUT2D eigenvalue weighted by Crippen LogP contribution is -2.48. The zero-order valence-electron chi connectivity index (χ0n) is 20.7. The molecule has 0 aromatic heterocycles. The number of nitro groups is 1. The van der Waals surface area contributed by atoms with Gasteiger partial charge in [-0.05, 0) is 50.6 Å². The Morgan fingerprint density at radius 2 is 1.26 bits per heavy atom. The second-order valence-corrected chi connectivity index (χ2v) is 8.47. The van der Waals surface area contributed by atoms with Crippen molar-refractivity contribution in [1.82, 2.24) is 0 Å². The zero-order chi connectivity index (χ0) is 28.0. The standard InChI is InChI=1S/C27H24N2O9/c1-15-4-9-18(10-5-15)26(33)37-22(24(30)28-21-14-20(29(35)36)13-8-17(21)3)23(25(31)32)38-27(34)19-11-6-16(2)7-12-19/h4-14,22-23H,1-3H3,(H,28,30)(H,31,32)/t22-,23-/m0/s1. The number of carboxylic acids is 1. The highest BCUT2D eigenvalue weighted by atomic mass is 16.6. The SMILES string of the molecule is Cc1ccc(C(=O)O[C@H](C(=O)O)[C@H](OC(=O)c2ccc(C)cc2)C(=O)Nc2cc([N+](=O)[O-])ccc2C)cc1. The average molecular weight is 520 g/mol. The highest BCUT2D eigenvalue weighted by Gasteiger charge is 2.41. The van der Waals surface area contributed by atoms with Gasteiger partial charge in [0.25, 0.3) is 11.6 Å². The minimum atomic E-state index is -2.24. The van der Waals surface area contributed by atoms with E-state index < -0.39 is 40.9 Å². The minimum absolute atomic E-state index is 0.0143. The van der Waals surface area contributed by atoms with Crippen LogP contribution in [0.25, 0.3) is 0 Å². The summed E-state index contributed by atoms with van der Waals surface area (Å²) in [6.07, 6.45) is -4.38.